The molecule has 6 heteroatoms. The fraction of sp³-hybridized carbons (Fsp3) is 0.200. The van der Waals surface area contributed by atoms with Gasteiger partial charge in [0.2, 0.25) is 0 Å². The largest absolute Gasteiger partial charge is 0.493 e. The van der Waals surface area contributed by atoms with Crippen molar-refractivity contribution in [2.24, 2.45) is 4.99 Å². The van der Waals surface area contributed by atoms with Gasteiger partial charge in [0.05, 0.1) is 17.2 Å². The first-order valence-electron chi connectivity index (χ1n) is 8.40. The molecular weight excluding hydrogens is 368 g/mol. The van der Waals surface area contributed by atoms with Crippen molar-refractivity contribution in [2.45, 2.75) is 13.8 Å². The molecule has 3 rings (SSSR count). The molecule has 1 saturated heterocycles. The van der Waals surface area contributed by atoms with Crippen LogP contribution < -0.4 is 4.74 Å². The summed E-state index contributed by atoms with van der Waals surface area (Å²) >= 11 is 7.48. The second-order valence-corrected chi connectivity index (χ2v) is 6.95. The van der Waals surface area contributed by atoms with Gasteiger partial charge >= 0.3 is 0 Å². The normalized spacial score (nSPS) is 17.3. The number of carbonyl (C=O) groups is 1. The van der Waals surface area contributed by atoms with Gasteiger partial charge in [-0.2, -0.15) is 0 Å². The van der Waals surface area contributed by atoms with E-state index in [0.29, 0.717) is 34.0 Å². The van der Waals surface area contributed by atoms with Crippen LogP contribution in [0.5, 0.6) is 5.75 Å². The second-order valence-electron chi connectivity index (χ2n) is 5.51. The highest BCUT2D eigenvalue weighted by Crippen LogP contribution is 2.36. The number of likely N-dealkylation sites (N-methyl/N-ethyl adjacent to an activating group) is 1. The summed E-state index contributed by atoms with van der Waals surface area (Å²) in [5, 5.41) is 1.27. The average Bonchev–Trinajstić information content (AvgIpc) is 2.93. The molecule has 0 aliphatic carbocycles. The molecule has 1 heterocycles. The van der Waals surface area contributed by atoms with Crippen LogP contribution in [0.2, 0.25) is 5.02 Å². The van der Waals surface area contributed by atoms with E-state index >= 15 is 0 Å². The SMILES string of the molecule is CCOc1ccc(Cl)cc1/C=C1\SC(=Nc2ccccc2)N(CC)C1=O. The number of ether oxygens (including phenoxy) is 1. The minimum Gasteiger partial charge on any atom is -0.493 e. The molecule has 0 radical (unpaired) electrons. The molecule has 0 N–H and O–H groups in total. The second kappa shape index (κ2) is 8.43. The average molecular weight is 387 g/mol. The number of carbonyl (C=O) groups excluding carboxylic acids is 1. The Labute approximate surface area is 162 Å². The van der Waals surface area contributed by atoms with Gasteiger partial charge in [-0.15, -0.1) is 0 Å². The monoisotopic (exact) mass is 386 g/mol. The van der Waals surface area contributed by atoms with Crippen molar-refractivity contribution in [1.82, 2.24) is 4.90 Å². The van der Waals surface area contributed by atoms with Crippen LogP contribution in [0.4, 0.5) is 5.69 Å². The Morgan fingerprint density at radius 1 is 1.19 bits per heavy atom. The zero-order valence-electron chi connectivity index (χ0n) is 14.6. The third-order valence-corrected chi connectivity index (χ3v) is 4.99. The molecule has 134 valence electrons. The van der Waals surface area contributed by atoms with Crippen molar-refractivity contribution in [2.75, 3.05) is 13.2 Å². The van der Waals surface area contributed by atoms with Crippen LogP contribution in [0.25, 0.3) is 6.08 Å². The van der Waals surface area contributed by atoms with Gasteiger partial charge in [-0.3, -0.25) is 9.69 Å². The molecule has 4 nitrogen and oxygen atoms in total. The van der Waals surface area contributed by atoms with E-state index in [1.54, 1.807) is 17.0 Å². The molecule has 0 unspecified atom stereocenters. The van der Waals surface area contributed by atoms with Crippen molar-refractivity contribution in [3.05, 3.63) is 64.0 Å². The van der Waals surface area contributed by atoms with E-state index in [0.717, 1.165) is 11.3 Å². The standard InChI is InChI=1S/C20H19ClN2O2S/c1-3-23-19(24)18(26-20(23)22-16-8-6-5-7-9-16)13-14-12-15(21)10-11-17(14)25-4-2/h5-13H,3-4H2,1-2H3/b18-13-,22-20?. The maximum absolute atomic E-state index is 12.8. The van der Waals surface area contributed by atoms with Crippen molar-refractivity contribution in [3.8, 4) is 5.75 Å². The van der Waals surface area contributed by atoms with Gasteiger partial charge < -0.3 is 4.74 Å². The van der Waals surface area contributed by atoms with Crippen LogP contribution >= 0.6 is 23.4 Å². The van der Waals surface area contributed by atoms with Crippen LogP contribution in [0.15, 0.2) is 58.4 Å². The molecular formula is C20H19ClN2O2S. The van der Waals surface area contributed by atoms with E-state index in [1.165, 1.54) is 11.8 Å². The van der Waals surface area contributed by atoms with Gasteiger partial charge in [0.1, 0.15) is 5.75 Å². The Hall–Kier alpha value is -2.24. The number of amides is 1. The minimum absolute atomic E-state index is 0.0606. The van der Waals surface area contributed by atoms with Gasteiger partial charge in [-0.1, -0.05) is 29.8 Å². The molecule has 1 amide bonds. The van der Waals surface area contributed by atoms with Crippen molar-refractivity contribution >= 4 is 46.2 Å². The number of thioether (sulfide) groups is 1. The first kappa shape index (κ1) is 18.5. The number of hydrogen-bond acceptors (Lipinski definition) is 4. The molecule has 0 saturated carbocycles. The maximum atomic E-state index is 12.8. The zero-order valence-corrected chi connectivity index (χ0v) is 16.2. The summed E-state index contributed by atoms with van der Waals surface area (Å²) in [5.74, 6) is 0.643. The van der Waals surface area contributed by atoms with E-state index in [2.05, 4.69) is 4.99 Å². The summed E-state index contributed by atoms with van der Waals surface area (Å²) in [6.45, 7) is 4.96. The number of aliphatic imine (C=N–C) groups is 1. The Morgan fingerprint density at radius 3 is 2.65 bits per heavy atom. The molecule has 2 aromatic rings. The van der Waals surface area contributed by atoms with Crippen molar-refractivity contribution in [3.63, 3.8) is 0 Å². The van der Waals surface area contributed by atoms with Crippen molar-refractivity contribution < 1.29 is 9.53 Å². The lowest BCUT2D eigenvalue weighted by atomic mass is 10.2. The summed E-state index contributed by atoms with van der Waals surface area (Å²) in [7, 11) is 0. The lowest BCUT2D eigenvalue weighted by Gasteiger charge is -2.12. The third kappa shape index (κ3) is 4.11. The molecule has 0 bridgehead atoms. The highest BCUT2D eigenvalue weighted by atomic mass is 35.5. The Balaban J connectivity index is 1.97. The summed E-state index contributed by atoms with van der Waals surface area (Å²) in [6, 6.07) is 15.0. The predicted octanol–water partition coefficient (Wildman–Crippen LogP) is 5.36. The molecule has 0 atom stereocenters. The molecule has 2 aromatic carbocycles. The van der Waals surface area contributed by atoms with Crippen LogP contribution in [-0.2, 0) is 4.79 Å². The van der Waals surface area contributed by atoms with Crippen LogP contribution in [0.3, 0.4) is 0 Å². The lowest BCUT2D eigenvalue weighted by Crippen LogP contribution is -2.28. The zero-order chi connectivity index (χ0) is 18.5. The van der Waals surface area contributed by atoms with Crippen LogP contribution in [0, 0.1) is 0 Å². The van der Waals surface area contributed by atoms with E-state index < -0.39 is 0 Å². The van der Waals surface area contributed by atoms with E-state index in [1.807, 2.05) is 56.3 Å². The van der Waals surface area contributed by atoms with Gasteiger partial charge in [-0.25, -0.2) is 4.99 Å². The van der Waals surface area contributed by atoms with Gasteiger partial charge in [-0.05, 0) is 62.0 Å². The fourth-order valence-corrected chi connectivity index (χ4v) is 3.78. The van der Waals surface area contributed by atoms with Crippen molar-refractivity contribution in [1.29, 1.82) is 0 Å². The highest BCUT2D eigenvalue weighted by Gasteiger charge is 2.32. The Morgan fingerprint density at radius 2 is 1.96 bits per heavy atom. The number of hydrogen-bond donors (Lipinski definition) is 0. The first-order chi connectivity index (χ1) is 12.6. The van der Waals surface area contributed by atoms with Crippen LogP contribution in [-0.4, -0.2) is 29.1 Å². The van der Waals surface area contributed by atoms with Gasteiger partial charge in [0, 0.05) is 17.1 Å². The number of amidine groups is 1. The number of nitrogens with zero attached hydrogens (tertiary/aromatic N) is 2. The Bertz CT molecular complexity index is 865. The molecule has 0 aromatic heterocycles. The van der Waals surface area contributed by atoms with E-state index in [-0.39, 0.29) is 5.91 Å². The third-order valence-electron chi connectivity index (χ3n) is 3.74. The summed E-state index contributed by atoms with van der Waals surface area (Å²) < 4.78 is 5.65. The number of para-hydroxylation sites is 1. The van der Waals surface area contributed by atoms with Gasteiger partial charge in [0.25, 0.3) is 5.91 Å². The number of rotatable bonds is 5. The van der Waals surface area contributed by atoms with E-state index in [4.69, 9.17) is 16.3 Å². The summed E-state index contributed by atoms with van der Waals surface area (Å²) in [4.78, 5) is 19.7. The number of benzene rings is 2. The topological polar surface area (TPSA) is 41.9 Å². The van der Waals surface area contributed by atoms with E-state index in [9.17, 15) is 4.79 Å². The first-order valence-corrected chi connectivity index (χ1v) is 9.59. The molecule has 1 aliphatic heterocycles. The lowest BCUT2D eigenvalue weighted by molar-refractivity contribution is -0.122. The summed E-state index contributed by atoms with van der Waals surface area (Å²) in [6.07, 6.45) is 1.82. The summed E-state index contributed by atoms with van der Waals surface area (Å²) in [5.41, 5.74) is 1.60. The molecule has 0 spiro atoms. The minimum atomic E-state index is -0.0606. The molecule has 1 aliphatic rings. The predicted molar refractivity (Wildman–Crippen MR) is 109 cm³/mol. The maximum Gasteiger partial charge on any atom is 0.266 e. The fourth-order valence-electron chi connectivity index (χ4n) is 2.54. The number of halogens is 1. The molecule has 26 heavy (non-hydrogen) atoms. The molecule has 1 fully saturated rings. The highest BCUT2D eigenvalue weighted by molar-refractivity contribution is 8.18. The Kier molecular flexibility index (Phi) is 6.01. The smallest absolute Gasteiger partial charge is 0.266 e. The quantitative estimate of drug-likeness (QED) is 0.649. The van der Waals surface area contributed by atoms with Crippen LogP contribution in [0.1, 0.15) is 19.4 Å². The van der Waals surface area contributed by atoms with Gasteiger partial charge in [0.15, 0.2) is 5.17 Å².